The van der Waals surface area contributed by atoms with Crippen molar-refractivity contribution >= 4 is 28.6 Å². The third-order valence-corrected chi connectivity index (χ3v) is 6.66. The lowest BCUT2D eigenvalue weighted by atomic mass is 9.96. The molecule has 0 aliphatic rings. The number of nitrogens with one attached hydrogen (secondary N) is 1. The molecule has 0 bridgehead atoms. The number of hydrogen-bond acceptors (Lipinski definition) is 5. The molecule has 174 valence electrons. The quantitative estimate of drug-likeness (QED) is 0.279. The summed E-state index contributed by atoms with van der Waals surface area (Å²) in [7, 11) is 1.60. The predicted octanol–water partition coefficient (Wildman–Crippen LogP) is 4.80. The summed E-state index contributed by atoms with van der Waals surface area (Å²) in [6, 6.07) is 24.7. The second-order valence-electron chi connectivity index (χ2n) is 7.86. The zero-order valence-corrected chi connectivity index (χ0v) is 20.0. The molecule has 0 aliphatic heterocycles. The minimum Gasteiger partial charge on any atom is -0.497 e. The largest absolute Gasteiger partial charge is 0.497 e. The fraction of sp³-hybridized carbons (Fsp3) is 0.222. The maximum Gasteiger partial charge on any atom is 0.266 e. The SMILES string of the molecule is CCC(CNC(=O)CSc1nc2ccccc2c(=O)n1-c1ccc(OC)cc1)c1ccccc1. The van der Waals surface area contributed by atoms with Crippen LogP contribution in [-0.2, 0) is 4.79 Å². The van der Waals surface area contributed by atoms with Crippen LogP contribution in [0.25, 0.3) is 16.6 Å². The lowest BCUT2D eigenvalue weighted by Crippen LogP contribution is -2.30. The van der Waals surface area contributed by atoms with E-state index < -0.39 is 0 Å². The summed E-state index contributed by atoms with van der Waals surface area (Å²) in [4.78, 5) is 30.7. The van der Waals surface area contributed by atoms with Gasteiger partial charge in [0.2, 0.25) is 5.91 Å². The van der Waals surface area contributed by atoms with Crippen molar-refractivity contribution in [2.75, 3.05) is 19.4 Å². The molecule has 6 nitrogen and oxygen atoms in total. The van der Waals surface area contributed by atoms with Gasteiger partial charge in [-0.2, -0.15) is 0 Å². The number of nitrogens with zero attached hydrogens (tertiary/aromatic N) is 2. The number of ether oxygens (including phenoxy) is 1. The topological polar surface area (TPSA) is 73.2 Å². The van der Waals surface area contributed by atoms with Gasteiger partial charge in [0.05, 0.1) is 29.5 Å². The summed E-state index contributed by atoms with van der Waals surface area (Å²) in [5.74, 6) is 1.02. The molecule has 4 rings (SSSR count). The Morgan fingerprint density at radius 2 is 1.74 bits per heavy atom. The first-order valence-electron chi connectivity index (χ1n) is 11.2. The summed E-state index contributed by atoms with van der Waals surface area (Å²) in [6.45, 7) is 2.68. The highest BCUT2D eigenvalue weighted by Gasteiger charge is 2.16. The lowest BCUT2D eigenvalue weighted by molar-refractivity contribution is -0.118. The highest BCUT2D eigenvalue weighted by atomic mass is 32.2. The van der Waals surface area contributed by atoms with Gasteiger partial charge in [0.1, 0.15) is 5.75 Å². The van der Waals surface area contributed by atoms with E-state index in [1.165, 1.54) is 17.3 Å². The number of amides is 1. The van der Waals surface area contributed by atoms with Crippen LogP contribution >= 0.6 is 11.8 Å². The fourth-order valence-electron chi connectivity index (χ4n) is 3.81. The van der Waals surface area contributed by atoms with Crippen molar-refractivity contribution in [2.45, 2.75) is 24.4 Å². The summed E-state index contributed by atoms with van der Waals surface area (Å²) >= 11 is 1.25. The number of thioether (sulfide) groups is 1. The van der Waals surface area contributed by atoms with Crippen LogP contribution in [0.15, 0.2) is 88.8 Å². The van der Waals surface area contributed by atoms with Crippen LogP contribution in [0, 0.1) is 0 Å². The molecule has 34 heavy (non-hydrogen) atoms. The molecule has 0 radical (unpaired) electrons. The normalized spacial score (nSPS) is 11.8. The first-order chi connectivity index (χ1) is 16.6. The Bertz CT molecular complexity index is 1320. The van der Waals surface area contributed by atoms with E-state index in [0.717, 1.165) is 6.42 Å². The molecule has 1 atom stereocenters. The minimum atomic E-state index is -0.172. The summed E-state index contributed by atoms with van der Waals surface area (Å²) in [5, 5.41) is 4.04. The second-order valence-corrected chi connectivity index (χ2v) is 8.80. The number of carbonyl (C=O) groups is 1. The number of hydrogen-bond donors (Lipinski definition) is 1. The molecular weight excluding hydrogens is 446 g/mol. The number of para-hydroxylation sites is 1. The van der Waals surface area contributed by atoms with Gasteiger partial charge in [0.25, 0.3) is 5.56 Å². The molecule has 1 amide bonds. The lowest BCUT2D eigenvalue weighted by Gasteiger charge is -2.17. The van der Waals surface area contributed by atoms with E-state index in [4.69, 9.17) is 9.72 Å². The van der Waals surface area contributed by atoms with Crippen molar-refractivity contribution in [3.8, 4) is 11.4 Å². The molecule has 0 saturated heterocycles. The van der Waals surface area contributed by atoms with Gasteiger partial charge in [-0.15, -0.1) is 0 Å². The minimum absolute atomic E-state index is 0.0944. The summed E-state index contributed by atoms with van der Waals surface area (Å²) < 4.78 is 6.80. The van der Waals surface area contributed by atoms with E-state index >= 15 is 0 Å². The van der Waals surface area contributed by atoms with E-state index in [0.29, 0.717) is 34.0 Å². The van der Waals surface area contributed by atoms with E-state index in [2.05, 4.69) is 24.4 Å². The average Bonchev–Trinajstić information content (AvgIpc) is 2.89. The summed E-state index contributed by atoms with van der Waals surface area (Å²) in [5.41, 5.74) is 2.31. The summed E-state index contributed by atoms with van der Waals surface area (Å²) in [6.07, 6.45) is 0.931. The highest BCUT2D eigenvalue weighted by Crippen LogP contribution is 2.23. The predicted molar refractivity (Wildman–Crippen MR) is 137 cm³/mol. The van der Waals surface area contributed by atoms with E-state index in [9.17, 15) is 9.59 Å². The molecule has 1 heterocycles. The van der Waals surface area contributed by atoms with Crippen LogP contribution in [0.1, 0.15) is 24.8 Å². The monoisotopic (exact) mass is 473 g/mol. The van der Waals surface area contributed by atoms with Crippen LogP contribution in [0.4, 0.5) is 0 Å². The Hall–Kier alpha value is -3.58. The number of methoxy groups -OCH3 is 1. The van der Waals surface area contributed by atoms with Crippen molar-refractivity contribution in [3.05, 3.63) is 94.8 Å². The van der Waals surface area contributed by atoms with Gasteiger partial charge in [0.15, 0.2) is 5.16 Å². The first-order valence-corrected chi connectivity index (χ1v) is 12.2. The van der Waals surface area contributed by atoms with E-state index in [1.54, 1.807) is 29.9 Å². The van der Waals surface area contributed by atoms with Crippen LogP contribution < -0.4 is 15.6 Å². The van der Waals surface area contributed by atoms with Crippen molar-refractivity contribution in [2.24, 2.45) is 0 Å². The van der Waals surface area contributed by atoms with Crippen LogP contribution in [0.5, 0.6) is 5.75 Å². The Balaban J connectivity index is 1.54. The van der Waals surface area contributed by atoms with Crippen molar-refractivity contribution in [1.29, 1.82) is 0 Å². The van der Waals surface area contributed by atoms with Crippen LogP contribution in [-0.4, -0.2) is 34.9 Å². The maximum absolute atomic E-state index is 13.3. The molecule has 1 N–H and O–H groups in total. The van der Waals surface area contributed by atoms with Crippen molar-refractivity contribution in [3.63, 3.8) is 0 Å². The molecule has 0 saturated carbocycles. The molecule has 7 heteroatoms. The maximum atomic E-state index is 13.3. The van der Waals surface area contributed by atoms with Gasteiger partial charge in [0, 0.05) is 12.5 Å². The third-order valence-electron chi connectivity index (χ3n) is 5.72. The number of aromatic nitrogens is 2. The van der Waals surface area contributed by atoms with Gasteiger partial charge in [-0.05, 0) is 48.4 Å². The standard InChI is InChI=1S/C27H27N3O3S/c1-3-19(20-9-5-4-6-10-20)17-28-25(31)18-34-27-29-24-12-8-7-11-23(24)26(32)30(27)21-13-15-22(33-2)16-14-21/h4-16,19H,3,17-18H2,1-2H3,(H,28,31). The molecule has 0 spiro atoms. The number of carbonyl (C=O) groups excluding carboxylic acids is 1. The van der Waals surface area contributed by atoms with Gasteiger partial charge in [-0.3, -0.25) is 14.2 Å². The Kier molecular flexibility index (Phi) is 7.65. The van der Waals surface area contributed by atoms with Gasteiger partial charge >= 0.3 is 0 Å². The Morgan fingerprint density at radius 1 is 1.03 bits per heavy atom. The van der Waals surface area contributed by atoms with Gasteiger partial charge in [-0.1, -0.05) is 61.2 Å². The van der Waals surface area contributed by atoms with Gasteiger partial charge in [-0.25, -0.2) is 4.98 Å². The molecule has 1 unspecified atom stereocenters. The molecule has 0 fully saturated rings. The molecule has 1 aromatic heterocycles. The smallest absolute Gasteiger partial charge is 0.266 e. The van der Waals surface area contributed by atoms with Crippen LogP contribution in [0.2, 0.25) is 0 Å². The zero-order valence-electron chi connectivity index (χ0n) is 19.2. The zero-order chi connectivity index (χ0) is 23.9. The molecule has 0 aliphatic carbocycles. The number of benzene rings is 3. The van der Waals surface area contributed by atoms with Gasteiger partial charge < -0.3 is 10.1 Å². The van der Waals surface area contributed by atoms with Crippen LogP contribution in [0.3, 0.4) is 0 Å². The molecule has 3 aromatic carbocycles. The number of rotatable bonds is 9. The Labute approximate surface area is 203 Å². The highest BCUT2D eigenvalue weighted by molar-refractivity contribution is 7.99. The number of fused-ring (bicyclic) bond motifs is 1. The van der Waals surface area contributed by atoms with E-state index in [-0.39, 0.29) is 23.1 Å². The third kappa shape index (κ3) is 5.31. The van der Waals surface area contributed by atoms with E-state index in [1.807, 2.05) is 48.5 Å². The molecule has 4 aromatic rings. The average molecular weight is 474 g/mol. The molecular formula is C27H27N3O3S. The second kappa shape index (κ2) is 11.0. The Morgan fingerprint density at radius 3 is 2.44 bits per heavy atom. The first kappa shape index (κ1) is 23.6. The fourth-order valence-corrected chi connectivity index (χ4v) is 4.65. The van der Waals surface area contributed by atoms with Crippen molar-refractivity contribution in [1.82, 2.24) is 14.9 Å². The van der Waals surface area contributed by atoms with Crippen molar-refractivity contribution < 1.29 is 9.53 Å².